The van der Waals surface area contributed by atoms with E-state index in [0.29, 0.717) is 0 Å². The summed E-state index contributed by atoms with van der Waals surface area (Å²) in [6.45, 7) is 6.21. The standard InChI is InChI=1S/C15H20BrN3O/c1-9(2)19-15(12(20-4)8-18-19)14(17)11-7-5-6-10(3)13(11)16/h5-9,14H,17H2,1-4H3. The van der Waals surface area contributed by atoms with Gasteiger partial charge in [-0.05, 0) is 31.9 Å². The van der Waals surface area contributed by atoms with Crippen LogP contribution in [0.5, 0.6) is 5.75 Å². The number of nitrogens with zero attached hydrogens (tertiary/aromatic N) is 2. The van der Waals surface area contributed by atoms with Crippen LogP contribution < -0.4 is 10.5 Å². The number of hydrogen-bond acceptors (Lipinski definition) is 3. The molecule has 2 aromatic rings. The Kier molecular flexibility index (Phi) is 4.50. The molecule has 1 unspecified atom stereocenters. The third-order valence-electron chi connectivity index (χ3n) is 3.36. The maximum Gasteiger partial charge on any atom is 0.161 e. The van der Waals surface area contributed by atoms with E-state index >= 15 is 0 Å². The van der Waals surface area contributed by atoms with Crippen molar-refractivity contribution in [1.29, 1.82) is 0 Å². The van der Waals surface area contributed by atoms with Crippen LogP contribution in [0.15, 0.2) is 28.9 Å². The third kappa shape index (κ3) is 2.60. The first-order chi connectivity index (χ1) is 9.47. The van der Waals surface area contributed by atoms with Crippen LogP contribution in [0.25, 0.3) is 0 Å². The van der Waals surface area contributed by atoms with Gasteiger partial charge in [-0.2, -0.15) is 5.10 Å². The predicted octanol–water partition coefficient (Wildman–Crippen LogP) is 3.59. The maximum atomic E-state index is 6.47. The van der Waals surface area contributed by atoms with Gasteiger partial charge < -0.3 is 10.5 Å². The third-order valence-corrected chi connectivity index (χ3v) is 4.44. The second-order valence-corrected chi connectivity index (χ2v) is 5.89. The summed E-state index contributed by atoms with van der Waals surface area (Å²) in [7, 11) is 1.64. The molecule has 0 amide bonds. The summed E-state index contributed by atoms with van der Waals surface area (Å²) >= 11 is 3.62. The van der Waals surface area contributed by atoms with Gasteiger partial charge in [0.15, 0.2) is 5.75 Å². The highest BCUT2D eigenvalue weighted by atomic mass is 79.9. The SMILES string of the molecule is COc1cnn(C(C)C)c1C(N)c1cccc(C)c1Br. The molecule has 0 spiro atoms. The van der Waals surface area contributed by atoms with Crippen LogP contribution in [0.2, 0.25) is 0 Å². The Morgan fingerprint density at radius 1 is 1.35 bits per heavy atom. The van der Waals surface area contributed by atoms with Gasteiger partial charge in [-0.15, -0.1) is 0 Å². The Balaban J connectivity index is 2.55. The van der Waals surface area contributed by atoms with Crippen LogP contribution in [0.4, 0.5) is 0 Å². The first kappa shape index (κ1) is 15.1. The second-order valence-electron chi connectivity index (χ2n) is 5.09. The Morgan fingerprint density at radius 3 is 2.65 bits per heavy atom. The van der Waals surface area contributed by atoms with E-state index in [1.54, 1.807) is 13.3 Å². The molecule has 1 aromatic heterocycles. The van der Waals surface area contributed by atoms with Crippen molar-refractivity contribution in [2.75, 3.05) is 7.11 Å². The summed E-state index contributed by atoms with van der Waals surface area (Å²) in [5.74, 6) is 0.722. The van der Waals surface area contributed by atoms with Crippen LogP contribution in [-0.2, 0) is 0 Å². The number of rotatable bonds is 4. The van der Waals surface area contributed by atoms with Crippen molar-refractivity contribution in [3.63, 3.8) is 0 Å². The van der Waals surface area contributed by atoms with Gasteiger partial charge in [-0.3, -0.25) is 4.68 Å². The molecule has 0 aliphatic heterocycles. The highest BCUT2D eigenvalue weighted by molar-refractivity contribution is 9.10. The van der Waals surface area contributed by atoms with Crippen LogP contribution >= 0.6 is 15.9 Å². The van der Waals surface area contributed by atoms with E-state index in [1.165, 1.54) is 0 Å². The van der Waals surface area contributed by atoms with E-state index in [-0.39, 0.29) is 12.1 Å². The quantitative estimate of drug-likeness (QED) is 0.927. The van der Waals surface area contributed by atoms with Crippen LogP contribution in [-0.4, -0.2) is 16.9 Å². The molecule has 20 heavy (non-hydrogen) atoms. The van der Waals surface area contributed by atoms with E-state index in [9.17, 15) is 0 Å². The molecule has 0 fully saturated rings. The first-order valence-corrected chi connectivity index (χ1v) is 7.38. The molecular weight excluding hydrogens is 318 g/mol. The van der Waals surface area contributed by atoms with Gasteiger partial charge in [0, 0.05) is 10.5 Å². The van der Waals surface area contributed by atoms with Gasteiger partial charge in [-0.1, -0.05) is 34.1 Å². The molecule has 0 bridgehead atoms. The largest absolute Gasteiger partial charge is 0.493 e. The van der Waals surface area contributed by atoms with Crippen molar-refractivity contribution in [3.05, 3.63) is 45.7 Å². The first-order valence-electron chi connectivity index (χ1n) is 6.59. The summed E-state index contributed by atoms with van der Waals surface area (Å²) < 4.78 is 8.36. The summed E-state index contributed by atoms with van der Waals surface area (Å²) in [6, 6.07) is 6.03. The molecule has 1 heterocycles. The van der Waals surface area contributed by atoms with Crippen LogP contribution in [0, 0.1) is 6.92 Å². The molecule has 2 rings (SSSR count). The van der Waals surface area contributed by atoms with Gasteiger partial charge in [0.1, 0.15) is 5.69 Å². The Hall–Kier alpha value is -1.33. The topological polar surface area (TPSA) is 53.1 Å². The molecule has 4 nitrogen and oxygen atoms in total. The average Bonchev–Trinajstić information content (AvgIpc) is 2.85. The van der Waals surface area contributed by atoms with E-state index in [1.807, 2.05) is 16.8 Å². The molecule has 1 aromatic carbocycles. The molecule has 0 aliphatic rings. The molecule has 0 aliphatic carbocycles. The minimum atomic E-state index is -0.288. The highest BCUT2D eigenvalue weighted by Crippen LogP contribution is 2.34. The van der Waals surface area contributed by atoms with Crippen molar-refractivity contribution in [1.82, 2.24) is 9.78 Å². The van der Waals surface area contributed by atoms with Crippen molar-refractivity contribution in [2.45, 2.75) is 32.9 Å². The molecule has 0 saturated heterocycles. The van der Waals surface area contributed by atoms with Gasteiger partial charge >= 0.3 is 0 Å². The van der Waals surface area contributed by atoms with Gasteiger partial charge in [-0.25, -0.2) is 0 Å². The van der Waals surface area contributed by atoms with Gasteiger partial charge in [0.2, 0.25) is 0 Å². The van der Waals surface area contributed by atoms with E-state index in [2.05, 4.69) is 47.9 Å². The van der Waals surface area contributed by atoms with Crippen LogP contribution in [0.3, 0.4) is 0 Å². The fourth-order valence-corrected chi connectivity index (χ4v) is 2.79. The summed E-state index contributed by atoms with van der Waals surface area (Å²) in [4.78, 5) is 0. The normalized spacial score (nSPS) is 12.8. The minimum absolute atomic E-state index is 0.225. The highest BCUT2D eigenvalue weighted by Gasteiger charge is 2.23. The number of hydrogen-bond donors (Lipinski definition) is 1. The average molecular weight is 338 g/mol. The zero-order valence-corrected chi connectivity index (χ0v) is 13.8. The zero-order valence-electron chi connectivity index (χ0n) is 12.2. The molecular formula is C15H20BrN3O. The fraction of sp³-hybridized carbons (Fsp3) is 0.400. The fourth-order valence-electron chi connectivity index (χ4n) is 2.28. The van der Waals surface area contributed by atoms with E-state index < -0.39 is 0 Å². The number of methoxy groups -OCH3 is 1. The smallest absolute Gasteiger partial charge is 0.161 e. The lowest BCUT2D eigenvalue weighted by Gasteiger charge is -2.20. The molecule has 1 atom stereocenters. The lowest BCUT2D eigenvalue weighted by Crippen LogP contribution is -2.20. The van der Waals surface area contributed by atoms with Gasteiger partial charge in [0.25, 0.3) is 0 Å². The summed E-state index contributed by atoms with van der Waals surface area (Å²) in [5, 5.41) is 4.38. The molecule has 108 valence electrons. The number of aromatic nitrogens is 2. The number of ether oxygens (including phenoxy) is 1. The van der Waals surface area contributed by atoms with Crippen molar-refractivity contribution in [2.24, 2.45) is 5.73 Å². The number of halogens is 1. The lowest BCUT2D eigenvalue weighted by molar-refractivity contribution is 0.401. The Morgan fingerprint density at radius 2 is 2.05 bits per heavy atom. The van der Waals surface area contributed by atoms with Crippen LogP contribution in [0.1, 0.15) is 42.8 Å². The summed E-state index contributed by atoms with van der Waals surface area (Å²) in [5.41, 5.74) is 9.56. The minimum Gasteiger partial charge on any atom is -0.493 e. The second kappa shape index (κ2) is 5.97. The molecule has 5 heteroatoms. The molecule has 0 saturated carbocycles. The Bertz CT molecular complexity index is 607. The predicted molar refractivity (Wildman–Crippen MR) is 84.1 cm³/mol. The van der Waals surface area contributed by atoms with Crippen molar-refractivity contribution < 1.29 is 4.74 Å². The zero-order chi connectivity index (χ0) is 14.9. The van der Waals surface area contributed by atoms with Gasteiger partial charge in [0.05, 0.1) is 19.3 Å². The van der Waals surface area contributed by atoms with E-state index in [0.717, 1.165) is 27.0 Å². The number of nitrogens with two attached hydrogens (primary N) is 1. The molecule has 2 N–H and O–H groups in total. The monoisotopic (exact) mass is 337 g/mol. The number of aryl methyl sites for hydroxylation is 1. The van der Waals surface area contributed by atoms with E-state index in [4.69, 9.17) is 10.5 Å². The van der Waals surface area contributed by atoms with Crippen molar-refractivity contribution >= 4 is 15.9 Å². The number of benzene rings is 1. The maximum absolute atomic E-state index is 6.47. The lowest BCUT2D eigenvalue weighted by atomic mass is 10.0. The van der Waals surface area contributed by atoms with Crippen molar-refractivity contribution in [3.8, 4) is 5.75 Å². The summed E-state index contributed by atoms with van der Waals surface area (Å²) in [6.07, 6.45) is 1.72. The Labute approximate surface area is 128 Å². The molecule has 0 radical (unpaired) electrons.